The van der Waals surface area contributed by atoms with Gasteiger partial charge in [0.1, 0.15) is 0 Å². The molecule has 1 amide bonds. The summed E-state index contributed by atoms with van der Waals surface area (Å²) < 4.78 is 0.914. The summed E-state index contributed by atoms with van der Waals surface area (Å²) in [4.78, 5) is 13.7. The van der Waals surface area contributed by atoms with Gasteiger partial charge in [0.15, 0.2) is 6.04 Å². The predicted octanol–water partition coefficient (Wildman–Crippen LogP) is -0.0243. The molecule has 0 aliphatic carbocycles. The van der Waals surface area contributed by atoms with E-state index in [1.807, 2.05) is 11.9 Å². The highest BCUT2D eigenvalue weighted by molar-refractivity contribution is 7.81. The normalized spacial score (nSPS) is 45.2. The zero-order valence-corrected chi connectivity index (χ0v) is 9.13. The second-order valence-electron chi connectivity index (χ2n) is 4.55. The molecule has 2 rings (SSSR count). The van der Waals surface area contributed by atoms with Crippen LogP contribution in [0.2, 0.25) is 0 Å². The molecule has 0 aromatic carbocycles. The van der Waals surface area contributed by atoms with E-state index in [0.29, 0.717) is 11.2 Å². The Hall–Kier alpha value is -0.220. The minimum Gasteiger partial charge on any atom is -0.335 e. The lowest BCUT2D eigenvalue weighted by Gasteiger charge is -2.42. The summed E-state index contributed by atoms with van der Waals surface area (Å²) in [5.74, 6) is 0.310. The molecule has 0 aromatic rings. The van der Waals surface area contributed by atoms with E-state index < -0.39 is 0 Å². The van der Waals surface area contributed by atoms with Crippen LogP contribution < -0.4 is 0 Å². The Morgan fingerprint density at radius 2 is 2.31 bits per heavy atom. The van der Waals surface area contributed by atoms with Crippen molar-refractivity contribution in [3.8, 4) is 0 Å². The molecule has 3 nitrogen and oxygen atoms in total. The van der Waals surface area contributed by atoms with Gasteiger partial charge in [-0.15, -0.1) is 0 Å². The standard InChI is InChI=1S/C9H16N2OS/c1-10-3-4-11(2)6-7(13)5-8(11)9(10)12/h7-8H,3-6H2,1-2H3/p+1/t7-,8-,11?/m0/s1. The van der Waals surface area contributed by atoms with E-state index in [2.05, 4.69) is 19.7 Å². The first kappa shape index (κ1) is 9.34. The number of hydrogen-bond acceptors (Lipinski definition) is 2. The molecule has 0 radical (unpaired) electrons. The van der Waals surface area contributed by atoms with Crippen LogP contribution in [0.3, 0.4) is 0 Å². The lowest BCUT2D eigenvalue weighted by Crippen LogP contribution is -2.62. The molecule has 2 fully saturated rings. The number of piperazine rings is 1. The summed E-state index contributed by atoms with van der Waals surface area (Å²) in [6.07, 6.45) is 0.947. The van der Waals surface area contributed by atoms with Crippen LogP contribution in [-0.2, 0) is 4.79 Å². The van der Waals surface area contributed by atoms with Gasteiger partial charge >= 0.3 is 0 Å². The van der Waals surface area contributed by atoms with E-state index in [4.69, 9.17) is 0 Å². The zero-order valence-electron chi connectivity index (χ0n) is 8.23. The molecule has 4 heteroatoms. The molecule has 0 N–H and O–H groups in total. The maximum atomic E-state index is 11.8. The van der Waals surface area contributed by atoms with E-state index in [1.165, 1.54) is 0 Å². The maximum absolute atomic E-state index is 11.8. The molecule has 2 heterocycles. The summed E-state index contributed by atoms with van der Waals surface area (Å²) in [6, 6.07) is 0.182. The van der Waals surface area contributed by atoms with Crippen molar-refractivity contribution in [1.82, 2.24) is 4.90 Å². The predicted molar refractivity (Wildman–Crippen MR) is 54.7 cm³/mol. The molecular formula is C9H17N2OS+. The van der Waals surface area contributed by atoms with Crippen LogP contribution in [0.4, 0.5) is 0 Å². The quantitative estimate of drug-likeness (QED) is 0.431. The van der Waals surface area contributed by atoms with Gasteiger partial charge in [-0.25, -0.2) is 0 Å². The third kappa shape index (κ3) is 1.36. The number of nitrogens with zero attached hydrogens (tertiary/aromatic N) is 2. The Morgan fingerprint density at radius 3 is 3.00 bits per heavy atom. The van der Waals surface area contributed by atoms with E-state index in [1.54, 1.807) is 0 Å². The second kappa shape index (κ2) is 2.89. The second-order valence-corrected chi connectivity index (χ2v) is 5.28. The SMILES string of the molecule is CN1CC[N+]2(C)C[C@@H](S)C[C@H]2C1=O. The summed E-state index contributed by atoms with van der Waals surface area (Å²) in [6.45, 7) is 3.03. The van der Waals surface area contributed by atoms with Gasteiger partial charge in [-0.2, -0.15) is 12.6 Å². The van der Waals surface area contributed by atoms with Crippen LogP contribution in [-0.4, -0.2) is 60.3 Å². The van der Waals surface area contributed by atoms with Crippen molar-refractivity contribution in [3.63, 3.8) is 0 Å². The number of fused-ring (bicyclic) bond motifs is 1. The number of thiol groups is 1. The summed E-state index contributed by atoms with van der Waals surface area (Å²) in [7, 11) is 4.09. The highest BCUT2D eigenvalue weighted by Crippen LogP contribution is 2.31. The average molecular weight is 201 g/mol. The van der Waals surface area contributed by atoms with Crippen molar-refractivity contribution in [2.75, 3.05) is 33.7 Å². The number of amides is 1. The number of likely N-dealkylation sites (N-methyl/N-ethyl adjacent to an activating group) is 2. The van der Waals surface area contributed by atoms with Crippen LogP contribution in [0.15, 0.2) is 0 Å². The minimum atomic E-state index is 0.182. The molecule has 0 saturated carbocycles. The Balaban J connectivity index is 2.23. The summed E-state index contributed by atoms with van der Waals surface area (Å²) in [5, 5.41) is 0.408. The number of carbonyl (C=O) groups excluding carboxylic acids is 1. The Bertz CT molecular complexity index is 246. The van der Waals surface area contributed by atoms with Crippen LogP contribution in [0, 0.1) is 0 Å². The fraction of sp³-hybridized carbons (Fsp3) is 0.889. The van der Waals surface area contributed by atoms with Gasteiger partial charge in [-0.1, -0.05) is 0 Å². The third-order valence-electron chi connectivity index (χ3n) is 3.48. The monoisotopic (exact) mass is 201 g/mol. The van der Waals surface area contributed by atoms with Crippen molar-refractivity contribution in [2.24, 2.45) is 0 Å². The van der Waals surface area contributed by atoms with Crippen molar-refractivity contribution in [3.05, 3.63) is 0 Å². The molecule has 3 atom stereocenters. The fourth-order valence-corrected chi connectivity index (χ4v) is 3.13. The number of quaternary nitrogens is 1. The third-order valence-corrected chi connectivity index (χ3v) is 3.86. The number of carbonyl (C=O) groups is 1. The summed E-state index contributed by atoms with van der Waals surface area (Å²) >= 11 is 4.48. The first-order valence-electron chi connectivity index (χ1n) is 4.80. The lowest BCUT2D eigenvalue weighted by atomic mass is 10.1. The van der Waals surface area contributed by atoms with Crippen molar-refractivity contribution >= 4 is 18.5 Å². The largest absolute Gasteiger partial charge is 0.335 e. The molecular weight excluding hydrogens is 184 g/mol. The fourth-order valence-electron chi connectivity index (χ4n) is 2.55. The van der Waals surface area contributed by atoms with Gasteiger partial charge in [0, 0.05) is 13.5 Å². The van der Waals surface area contributed by atoms with Crippen LogP contribution in [0.1, 0.15) is 6.42 Å². The molecule has 0 aromatic heterocycles. The zero-order chi connectivity index (χ0) is 9.64. The van der Waals surface area contributed by atoms with Crippen LogP contribution in [0.25, 0.3) is 0 Å². The Morgan fingerprint density at radius 1 is 1.62 bits per heavy atom. The van der Waals surface area contributed by atoms with Crippen molar-refractivity contribution in [2.45, 2.75) is 17.7 Å². The Labute approximate surface area is 84.7 Å². The van der Waals surface area contributed by atoms with Gasteiger partial charge < -0.3 is 9.38 Å². The molecule has 13 heavy (non-hydrogen) atoms. The van der Waals surface area contributed by atoms with Crippen molar-refractivity contribution in [1.29, 1.82) is 0 Å². The van der Waals surface area contributed by atoms with Gasteiger partial charge in [-0.05, 0) is 0 Å². The lowest BCUT2D eigenvalue weighted by molar-refractivity contribution is -0.915. The van der Waals surface area contributed by atoms with E-state index >= 15 is 0 Å². The topological polar surface area (TPSA) is 20.3 Å². The van der Waals surface area contributed by atoms with E-state index in [9.17, 15) is 4.79 Å². The smallest absolute Gasteiger partial charge is 0.280 e. The highest BCUT2D eigenvalue weighted by Gasteiger charge is 2.50. The first-order valence-corrected chi connectivity index (χ1v) is 5.32. The van der Waals surface area contributed by atoms with Gasteiger partial charge in [0.2, 0.25) is 0 Å². The minimum absolute atomic E-state index is 0.182. The Kier molecular flexibility index (Phi) is 2.07. The van der Waals surface area contributed by atoms with Crippen LogP contribution in [0.5, 0.6) is 0 Å². The average Bonchev–Trinajstić information content (AvgIpc) is 2.36. The molecule has 2 saturated heterocycles. The van der Waals surface area contributed by atoms with Gasteiger partial charge in [-0.3, -0.25) is 4.79 Å². The van der Waals surface area contributed by atoms with Gasteiger partial charge in [0.05, 0.1) is 31.9 Å². The first-order chi connectivity index (χ1) is 6.03. The molecule has 2 aliphatic rings. The molecule has 0 bridgehead atoms. The molecule has 1 unspecified atom stereocenters. The van der Waals surface area contributed by atoms with Crippen molar-refractivity contribution < 1.29 is 9.28 Å². The molecule has 74 valence electrons. The molecule has 2 aliphatic heterocycles. The molecule has 0 spiro atoms. The highest BCUT2D eigenvalue weighted by atomic mass is 32.1. The van der Waals surface area contributed by atoms with E-state index in [0.717, 1.165) is 30.5 Å². The maximum Gasteiger partial charge on any atom is 0.280 e. The number of rotatable bonds is 0. The number of hydrogen-bond donors (Lipinski definition) is 1. The summed E-state index contributed by atoms with van der Waals surface area (Å²) in [5.41, 5.74) is 0. The van der Waals surface area contributed by atoms with E-state index in [-0.39, 0.29) is 6.04 Å². The van der Waals surface area contributed by atoms with Crippen LogP contribution >= 0.6 is 12.6 Å². The van der Waals surface area contributed by atoms with Gasteiger partial charge in [0.25, 0.3) is 5.91 Å².